The molecule has 1 aliphatic heterocycles. The van der Waals surface area contributed by atoms with Gasteiger partial charge in [-0.15, -0.1) is 11.8 Å². The van der Waals surface area contributed by atoms with Crippen LogP contribution in [0.2, 0.25) is 0 Å². The van der Waals surface area contributed by atoms with Crippen molar-refractivity contribution in [3.8, 4) is 0 Å². The number of esters is 1. The normalized spacial score (nSPS) is 20.8. The molecular formula is C25H20N2O2S. The lowest BCUT2D eigenvalue weighted by Gasteiger charge is -2.32. The van der Waals surface area contributed by atoms with Crippen molar-refractivity contribution < 1.29 is 9.53 Å². The van der Waals surface area contributed by atoms with E-state index < -0.39 is 10.7 Å². The van der Waals surface area contributed by atoms with E-state index in [0.717, 1.165) is 32.9 Å². The molecule has 5 heteroatoms. The molecule has 0 aliphatic carbocycles. The summed E-state index contributed by atoms with van der Waals surface area (Å²) in [5.74, 6) is -0.0547. The third-order valence-corrected chi connectivity index (χ3v) is 7.08. The summed E-state index contributed by atoms with van der Waals surface area (Å²) in [6.07, 6.45) is 2.02. The van der Waals surface area contributed by atoms with Crippen molar-refractivity contribution in [2.75, 3.05) is 7.11 Å². The molecule has 0 fully saturated rings. The molecule has 0 bridgehead atoms. The number of ether oxygens (including phenoxy) is 1. The third kappa shape index (κ3) is 2.94. The SMILES string of the molecule is COC(=O)C1C=C(c2ccccc2)SC1(c1ccccc1)c1nc2ccccc2[nH]1. The first kappa shape index (κ1) is 18.7. The number of fused-ring (bicyclic) bond motifs is 1. The fraction of sp³-hybridized carbons (Fsp3) is 0.120. The summed E-state index contributed by atoms with van der Waals surface area (Å²) in [4.78, 5) is 22.5. The highest BCUT2D eigenvalue weighted by atomic mass is 32.2. The molecule has 3 aromatic carbocycles. The van der Waals surface area contributed by atoms with Crippen molar-refractivity contribution in [3.05, 3.63) is 108 Å². The van der Waals surface area contributed by atoms with Crippen LogP contribution >= 0.6 is 11.8 Å². The Morgan fingerprint density at radius 1 is 0.967 bits per heavy atom. The molecule has 0 radical (unpaired) electrons. The fourth-order valence-electron chi connectivity index (χ4n) is 4.04. The highest BCUT2D eigenvalue weighted by molar-refractivity contribution is 8.09. The number of methoxy groups -OCH3 is 1. The van der Waals surface area contributed by atoms with Crippen LogP contribution in [0.1, 0.15) is 17.0 Å². The molecule has 2 unspecified atom stereocenters. The predicted molar refractivity (Wildman–Crippen MR) is 121 cm³/mol. The Hall–Kier alpha value is -3.31. The van der Waals surface area contributed by atoms with Crippen LogP contribution in [0, 0.1) is 5.92 Å². The summed E-state index contributed by atoms with van der Waals surface area (Å²) in [5.41, 5.74) is 3.90. The molecule has 0 spiro atoms. The van der Waals surface area contributed by atoms with Crippen LogP contribution in [-0.2, 0) is 14.3 Å². The number of hydrogen-bond acceptors (Lipinski definition) is 4. The Bertz CT molecular complexity index is 1200. The molecule has 2 atom stereocenters. The monoisotopic (exact) mass is 412 g/mol. The quantitative estimate of drug-likeness (QED) is 0.457. The van der Waals surface area contributed by atoms with Gasteiger partial charge in [-0.05, 0) is 23.3 Å². The number of thioether (sulfide) groups is 1. The van der Waals surface area contributed by atoms with E-state index in [1.165, 1.54) is 7.11 Å². The van der Waals surface area contributed by atoms with Crippen molar-refractivity contribution in [2.45, 2.75) is 4.75 Å². The first-order chi connectivity index (χ1) is 14.7. The summed E-state index contributed by atoms with van der Waals surface area (Å²) < 4.78 is 4.50. The van der Waals surface area contributed by atoms with Crippen LogP contribution in [0.3, 0.4) is 0 Å². The second-order valence-electron chi connectivity index (χ2n) is 7.20. The number of aromatic amines is 1. The number of imidazole rings is 1. The number of carbonyl (C=O) groups excluding carboxylic acids is 1. The fourth-order valence-corrected chi connectivity index (χ4v) is 5.59. The van der Waals surface area contributed by atoms with Gasteiger partial charge in [0.15, 0.2) is 0 Å². The minimum absolute atomic E-state index is 0.280. The van der Waals surface area contributed by atoms with Crippen LogP contribution in [-0.4, -0.2) is 23.0 Å². The van der Waals surface area contributed by atoms with Crippen molar-refractivity contribution in [1.29, 1.82) is 0 Å². The molecular weight excluding hydrogens is 392 g/mol. The van der Waals surface area contributed by atoms with Gasteiger partial charge < -0.3 is 9.72 Å². The Kier molecular flexibility index (Phi) is 4.68. The van der Waals surface area contributed by atoms with Gasteiger partial charge in [0.2, 0.25) is 0 Å². The zero-order chi connectivity index (χ0) is 20.6. The van der Waals surface area contributed by atoms with Gasteiger partial charge >= 0.3 is 5.97 Å². The molecule has 2 heterocycles. The standard InChI is InChI=1S/C25H20N2O2S/c1-29-23(28)19-16-22(17-10-4-2-5-11-17)30-25(19,18-12-6-3-7-13-18)24-26-20-14-8-9-15-21(20)27-24/h2-16,19H,1H3,(H,26,27). The highest BCUT2D eigenvalue weighted by Gasteiger charge is 2.53. The molecule has 30 heavy (non-hydrogen) atoms. The van der Waals surface area contributed by atoms with E-state index >= 15 is 0 Å². The summed E-state index contributed by atoms with van der Waals surface area (Å²) in [6.45, 7) is 0. The molecule has 4 aromatic rings. The number of rotatable bonds is 4. The second kappa shape index (κ2) is 7.50. The lowest BCUT2D eigenvalue weighted by atomic mass is 9.84. The lowest BCUT2D eigenvalue weighted by Crippen LogP contribution is -2.36. The zero-order valence-corrected chi connectivity index (χ0v) is 17.2. The van der Waals surface area contributed by atoms with E-state index in [-0.39, 0.29) is 5.97 Å². The predicted octanol–water partition coefficient (Wildman–Crippen LogP) is 5.38. The molecule has 148 valence electrons. The lowest BCUT2D eigenvalue weighted by molar-refractivity contribution is -0.144. The summed E-state index contributed by atoms with van der Waals surface area (Å²) in [7, 11) is 1.44. The molecule has 0 saturated heterocycles. The van der Waals surface area contributed by atoms with E-state index in [2.05, 4.69) is 29.2 Å². The molecule has 0 saturated carbocycles. The number of aromatic nitrogens is 2. The van der Waals surface area contributed by atoms with Crippen LogP contribution in [0.25, 0.3) is 15.9 Å². The Morgan fingerprint density at radius 2 is 1.63 bits per heavy atom. The second-order valence-corrected chi connectivity index (χ2v) is 8.49. The van der Waals surface area contributed by atoms with Crippen LogP contribution in [0.15, 0.2) is 91.0 Å². The molecule has 4 nitrogen and oxygen atoms in total. The third-order valence-electron chi connectivity index (χ3n) is 5.48. The van der Waals surface area contributed by atoms with Gasteiger partial charge in [0.1, 0.15) is 16.5 Å². The number of hydrogen-bond donors (Lipinski definition) is 1. The molecule has 1 aliphatic rings. The van der Waals surface area contributed by atoms with E-state index in [1.54, 1.807) is 11.8 Å². The summed E-state index contributed by atoms with van der Waals surface area (Å²) in [6, 6.07) is 28.1. The minimum Gasteiger partial charge on any atom is -0.469 e. The number of H-pyrrole nitrogens is 1. The zero-order valence-electron chi connectivity index (χ0n) is 16.4. The molecule has 1 aromatic heterocycles. The smallest absolute Gasteiger partial charge is 0.314 e. The minimum atomic E-state index is -0.751. The number of benzene rings is 3. The van der Waals surface area contributed by atoms with Crippen LogP contribution in [0.4, 0.5) is 0 Å². The first-order valence-corrected chi connectivity index (χ1v) is 10.6. The van der Waals surface area contributed by atoms with Crippen molar-refractivity contribution >= 4 is 33.7 Å². The highest BCUT2D eigenvalue weighted by Crippen LogP contribution is 2.59. The molecule has 1 N–H and O–H groups in total. The van der Waals surface area contributed by atoms with E-state index in [4.69, 9.17) is 9.72 Å². The van der Waals surface area contributed by atoms with Crippen molar-refractivity contribution in [2.24, 2.45) is 5.92 Å². The van der Waals surface area contributed by atoms with Crippen LogP contribution < -0.4 is 0 Å². The van der Waals surface area contributed by atoms with Crippen molar-refractivity contribution in [1.82, 2.24) is 9.97 Å². The van der Waals surface area contributed by atoms with Crippen molar-refractivity contribution in [3.63, 3.8) is 0 Å². The maximum atomic E-state index is 13.0. The maximum absolute atomic E-state index is 13.0. The largest absolute Gasteiger partial charge is 0.469 e. The van der Waals surface area contributed by atoms with Gasteiger partial charge in [-0.25, -0.2) is 4.98 Å². The van der Waals surface area contributed by atoms with Gasteiger partial charge in [0.05, 0.1) is 18.1 Å². The van der Waals surface area contributed by atoms with Gasteiger partial charge in [0.25, 0.3) is 0 Å². The number of nitrogens with one attached hydrogen (secondary N) is 1. The van der Waals surface area contributed by atoms with E-state index in [1.807, 2.05) is 66.7 Å². The first-order valence-electron chi connectivity index (χ1n) is 9.77. The Labute approximate surface area is 179 Å². The molecule has 0 amide bonds. The van der Waals surface area contributed by atoms with E-state index in [0.29, 0.717) is 0 Å². The Morgan fingerprint density at radius 3 is 2.33 bits per heavy atom. The number of nitrogens with zero attached hydrogens (tertiary/aromatic N) is 1. The number of carbonyl (C=O) groups is 1. The summed E-state index contributed by atoms with van der Waals surface area (Å²) >= 11 is 1.65. The van der Waals surface area contributed by atoms with Gasteiger partial charge in [0, 0.05) is 4.91 Å². The maximum Gasteiger partial charge on any atom is 0.314 e. The molecule has 5 rings (SSSR count). The van der Waals surface area contributed by atoms with Crippen LogP contribution in [0.5, 0.6) is 0 Å². The number of para-hydroxylation sites is 2. The van der Waals surface area contributed by atoms with E-state index in [9.17, 15) is 4.79 Å². The summed E-state index contributed by atoms with van der Waals surface area (Å²) in [5, 5.41) is 0. The Balaban J connectivity index is 1.76. The van der Waals surface area contributed by atoms with Gasteiger partial charge in [-0.3, -0.25) is 4.79 Å². The average Bonchev–Trinajstić information content (AvgIpc) is 3.43. The van der Waals surface area contributed by atoms with Gasteiger partial charge in [-0.2, -0.15) is 0 Å². The average molecular weight is 413 g/mol. The topological polar surface area (TPSA) is 55.0 Å². The van der Waals surface area contributed by atoms with Gasteiger partial charge in [-0.1, -0.05) is 78.9 Å².